The summed E-state index contributed by atoms with van der Waals surface area (Å²) in [5, 5.41) is 3.73. The third-order valence-corrected chi connectivity index (χ3v) is 2.65. The van der Waals surface area contributed by atoms with E-state index in [0.717, 1.165) is 13.1 Å². The molecule has 13 heavy (non-hydrogen) atoms. The standard InChI is InChI=1S/C8H18N4S/c1-2-12-5-3-4-7(6-12)10-8(13)11-9/h7H,2-6,9H2,1H3,(H2,10,11,13). The van der Waals surface area contributed by atoms with Gasteiger partial charge in [0.1, 0.15) is 0 Å². The minimum absolute atomic E-state index is 0.456. The number of thiocarbonyl (C=S) groups is 1. The fraction of sp³-hybridized carbons (Fsp3) is 0.875. The van der Waals surface area contributed by atoms with Gasteiger partial charge < -0.3 is 15.6 Å². The van der Waals surface area contributed by atoms with Crippen LogP contribution in [0, 0.1) is 0 Å². The van der Waals surface area contributed by atoms with Crippen molar-refractivity contribution in [3.05, 3.63) is 0 Å². The van der Waals surface area contributed by atoms with Gasteiger partial charge in [-0.1, -0.05) is 6.92 Å². The van der Waals surface area contributed by atoms with Crippen LogP contribution in [0.5, 0.6) is 0 Å². The average Bonchev–Trinajstić information content (AvgIpc) is 2.18. The molecule has 1 unspecified atom stereocenters. The number of likely N-dealkylation sites (N-methyl/N-ethyl adjacent to an activating group) is 1. The van der Waals surface area contributed by atoms with Gasteiger partial charge in [-0.15, -0.1) is 0 Å². The third kappa shape index (κ3) is 3.46. The summed E-state index contributed by atoms with van der Waals surface area (Å²) < 4.78 is 0. The van der Waals surface area contributed by atoms with E-state index < -0.39 is 0 Å². The third-order valence-electron chi connectivity index (χ3n) is 2.42. The molecule has 1 aliphatic rings. The first-order valence-electron chi connectivity index (χ1n) is 4.75. The van der Waals surface area contributed by atoms with Crippen LogP contribution in [0.3, 0.4) is 0 Å². The number of likely N-dealkylation sites (tertiary alicyclic amines) is 1. The molecule has 1 aliphatic heterocycles. The molecular formula is C8H18N4S. The Balaban J connectivity index is 2.29. The van der Waals surface area contributed by atoms with Crippen LogP contribution < -0.4 is 16.6 Å². The first-order valence-corrected chi connectivity index (χ1v) is 5.16. The lowest BCUT2D eigenvalue weighted by Crippen LogP contribution is -2.51. The normalized spacial score (nSPS) is 24.0. The molecule has 4 nitrogen and oxygen atoms in total. The minimum Gasteiger partial charge on any atom is -0.358 e. The van der Waals surface area contributed by atoms with Crippen molar-refractivity contribution in [3.63, 3.8) is 0 Å². The molecule has 1 saturated heterocycles. The van der Waals surface area contributed by atoms with Crippen molar-refractivity contribution in [2.45, 2.75) is 25.8 Å². The maximum absolute atomic E-state index is 5.19. The van der Waals surface area contributed by atoms with Crippen LogP contribution in [0.4, 0.5) is 0 Å². The highest BCUT2D eigenvalue weighted by Gasteiger charge is 2.18. The first-order chi connectivity index (χ1) is 6.26. The highest BCUT2D eigenvalue weighted by atomic mass is 32.1. The zero-order valence-corrected chi connectivity index (χ0v) is 8.86. The molecular weight excluding hydrogens is 184 g/mol. The quantitative estimate of drug-likeness (QED) is 0.329. The van der Waals surface area contributed by atoms with E-state index in [0.29, 0.717) is 11.2 Å². The van der Waals surface area contributed by atoms with Crippen molar-refractivity contribution in [2.75, 3.05) is 19.6 Å². The Morgan fingerprint density at radius 2 is 2.46 bits per heavy atom. The molecule has 1 atom stereocenters. The second kappa shape index (κ2) is 5.36. The summed E-state index contributed by atoms with van der Waals surface area (Å²) in [5.41, 5.74) is 2.45. The summed E-state index contributed by atoms with van der Waals surface area (Å²) in [4.78, 5) is 2.42. The smallest absolute Gasteiger partial charge is 0.180 e. The van der Waals surface area contributed by atoms with E-state index in [4.69, 9.17) is 18.1 Å². The molecule has 0 aromatic rings. The van der Waals surface area contributed by atoms with E-state index in [-0.39, 0.29) is 0 Å². The Labute approximate surface area is 84.8 Å². The summed E-state index contributed by atoms with van der Waals surface area (Å²) in [6.45, 7) is 5.57. The fourth-order valence-electron chi connectivity index (χ4n) is 1.69. The van der Waals surface area contributed by atoms with Crippen molar-refractivity contribution >= 4 is 17.3 Å². The van der Waals surface area contributed by atoms with Gasteiger partial charge in [-0.2, -0.15) is 0 Å². The molecule has 0 aliphatic carbocycles. The van der Waals surface area contributed by atoms with Gasteiger partial charge >= 0.3 is 0 Å². The number of hydrogen-bond acceptors (Lipinski definition) is 3. The number of hydrazine groups is 1. The molecule has 1 fully saturated rings. The first kappa shape index (κ1) is 10.7. The van der Waals surface area contributed by atoms with Crippen LogP contribution in [0.25, 0.3) is 0 Å². The van der Waals surface area contributed by atoms with E-state index in [2.05, 4.69) is 22.6 Å². The van der Waals surface area contributed by atoms with Crippen LogP contribution >= 0.6 is 12.2 Å². The highest BCUT2D eigenvalue weighted by molar-refractivity contribution is 7.80. The molecule has 0 bridgehead atoms. The lowest BCUT2D eigenvalue weighted by atomic mass is 10.1. The number of hydrogen-bond donors (Lipinski definition) is 3. The van der Waals surface area contributed by atoms with Crippen LogP contribution in [-0.4, -0.2) is 35.7 Å². The van der Waals surface area contributed by atoms with Crippen molar-refractivity contribution in [2.24, 2.45) is 5.84 Å². The topological polar surface area (TPSA) is 53.3 Å². The predicted octanol–water partition coefficient (Wildman–Crippen LogP) is -0.191. The predicted molar refractivity (Wildman–Crippen MR) is 58.2 cm³/mol. The second-order valence-electron chi connectivity index (χ2n) is 3.35. The number of nitrogens with one attached hydrogen (secondary N) is 2. The number of nitrogens with two attached hydrogens (primary N) is 1. The van der Waals surface area contributed by atoms with Crippen molar-refractivity contribution < 1.29 is 0 Å². The number of rotatable bonds is 2. The Morgan fingerprint density at radius 1 is 1.69 bits per heavy atom. The van der Waals surface area contributed by atoms with Crippen molar-refractivity contribution in [1.29, 1.82) is 0 Å². The molecule has 0 radical (unpaired) electrons. The average molecular weight is 202 g/mol. The van der Waals surface area contributed by atoms with Crippen molar-refractivity contribution in [3.8, 4) is 0 Å². The minimum atomic E-state index is 0.456. The highest BCUT2D eigenvalue weighted by Crippen LogP contribution is 2.08. The lowest BCUT2D eigenvalue weighted by Gasteiger charge is -2.32. The molecule has 5 heteroatoms. The zero-order valence-electron chi connectivity index (χ0n) is 8.05. The maximum Gasteiger partial charge on any atom is 0.180 e. The van der Waals surface area contributed by atoms with Gasteiger partial charge in [0, 0.05) is 12.6 Å². The summed E-state index contributed by atoms with van der Waals surface area (Å²) in [6, 6.07) is 0.456. The van der Waals surface area contributed by atoms with Gasteiger partial charge in [0.2, 0.25) is 0 Å². The second-order valence-corrected chi connectivity index (χ2v) is 3.76. The van der Waals surface area contributed by atoms with Gasteiger partial charge in [-0.25, -0.2) is 5.84 Å². The molecule has 0 amide bonds. The lowest BCUT2D eigenvalue weighted by molar-refractivity contribution is 0.210. The maximum atomic E-state index is 5.19. The Morgan fingerprint density at radius 3 is 3.08 bits per heavy atom. The van der Waals surface area contributed by atoms with Gasteiger partial charge in [0.05, 0.1) is 0 Å². The molecule has 0 spiro atoms. The van der Waals surface area contributed by atoms with E-state index in [1.54, 1.807) is 0 Å². The molecule has 1 rings (SSSR count). The molecule has 0 aromatic heterocycles. The fourth-order valence-corrected chi connectivity index (χ4v) is 1.85. The van der Waals surface area contributed by atoms with Gasteiger partial charge in [-0.3, -0.25) is 0 Å². The van der Waals surface area contributed by atoms with Crippen LogP contribution in [0.2, 0.25) is 0 Å². The van der Waals surface area contributed by atoms with E-state index >= 15 is 0 Å². The zero-order chi connectivity index (χ0) is 9.68. The number of piperidine rings is 1. The van der Waals surface area contributed by atoms with Crippen LogP contribution in [0.1, 0.15) is 19.8 Å². The summed E-state index contributed by atoms with van der Waals surface area (Å²) in [7, 11) is 0. The van der Waals surface area contributed by atoms with Crippen molar-refractivity contribution in [1.82, 2.24) is 15.6 Å². The molecule has 1 heterocycles. The molecule has 0 aromatic carbocycles. The van der Waals surface area contributed by atoms with E-state index in [1.165, 1.54) is 19.4 Å². The Bertz CT molecular complexity index is 174. The van der Waals surface area contributed by atoms with Crippen LogP contribution in [0.15, 0.2) is 0 Å². The monoisotopic (exact) mass is 202 g/mol. The largest absolute Gasteiger partial charge is 0.358 e. The molecule has 0 saturated carbocycles. The summed E-state index contributed by atoms with van der Waals surface area (Å²) in [5.74, 6) is 5.19. The Hall–Kier alpha value is -0.390. The van der Waals surface area contributed by atoms with E-state index in [9.17, 15) is 0 Å². The SMILES string of the molecule is CCN1CCCC(NC(=S)NN)C1. The summed E-state index contributed by atoms with van der Waals surface area (Å²) >= 11 is 4.95. The van der Waals surface area contributed by atoms with Gasteiger partial charge in [0.15, 0.2) is 5.11 Å². The molecule has 4 N–H and O–H groups in total. The molecule has 76 valence electrons. The number of nitrogens with zero attached hydrogens (tertiary/aromatic N) is 1. The Kier molecular flexibility index (Phi) is 4.41. The van der Waals surface area contributed by atoms with E-state index in [1.807, 2.05) is 0 Å². The van der Waals surface area contributed by atoms with Crippen LogP contribution in [-0.2, 0) is 0 Å². The van der Waals surface area contributed by atoms with Gasteiger partial charge in [0.25, 0.3) is 0 Å². The summed E-state index contributed by atoms with van der Waals surface area (Å²) in [6.07, 6.45) is 2.41. The van der Waals surface area contributed by atoms with Gasteiger partial charge in [-0.05, 0) is 38.1 Å².